The van der Waals surface area contributed by atoms with E-state index in [9.17, 15) is 9.59 Å². The number of carbonyl (C=O) groups is 1. The largest absolute Gasteiger partial charge is 0.352 e. The number of amides is 1. The van der Waals surface area contributed by atoms with Crippen molar-refractivity contribution in [2.45, 2.75) is 38.3 Å². The van der Waals surface area contributed by atoms with Crippen LogP contribution in [0.5, 0.6) is 0 Å². The molecule has 1 saturated carbocycles. The average Bonchev–Trinajstić information content (AvgIpc) is 3.23. The summed E-state index contributed by atoms with van der Waals surface area (Å²) in [5.41, 5.74) is 1.71. The molecule has 1 aliphatic carbocycles. The summed E-state index contributed by atoms with van der Waals surface area (Å²) in [5, 5.41) is 3.03. The molecule has 0 radical (unpaired) electrons. The van der Waals surface area contributed by atoms with Gasteiger partial charge in [-0.2, -0.15) is 0 Å². The molecule has 0 atom stereocenters. The third-order valence-electron chi connectivity index (χ3n) is 4.52. The SMILES string of the molecule is O=C(Cn1c(=O)c2cccn2c2cccnc21)NC1CCCC1. The highest BCUT2D eigenvalue weighted by Gasteiger charge is 2.19. The standard InChI is InChI=1S/C17H18N4O2/c22-15(19-12-5-1-2-6-12)11-21-16-13(7-3-9-18-16)20-10-4-8-14(20)17(21)23/h3-4,7-10,12H,1-2,5-6,11H2,(H,19,22). The highest BCUT2D eigenvalue weighted by Crippen LogP contribution is 2.18. The van der Waals surface area contributed by atoms with Gasteiger partial charge in [0.1, 0.15) is 12.1 Å². The van der Waals surface area contributed by atoms with E-state index in [1.54, 1.807) is 12.3 Å². The van der Waals surface area contributed by atoms with Gasteiger partial charge < -0.3 is 9.72 Å². The van der Waals surface area contributed by atoms with Gasteiger partial charge in [-0.1, -0.05) is 12.8 Å². The molecule has 0 bridgehead atoms. The Morgan fingerprint density at radius 3 is 2.83 bits per heavy atom. The molecule has 118 valence electrons. The summed E-state index contributed by atoms with van der Waals surface area (Å²) in [6.45, 7) is 0.00449. The second-order valence-corrected chi connectivity index (χ2v) is 6.05. The van der Waals surface area contributed by atoms with Crippen LogP contribution in [-0.4, -0.2) is 25.9 Å². The Labute approximate surface area is 132 Å². The van der Waals surface area contributed by atoms with Crippen LogP contribution in [0.3, 0.4) is 0 Å². The molecule has 23 heavy (non-hydrogen) atoms. The van der Waals surface area contributed by atoms with E-state index < -0.39 is 0 Å². The fraction of sp³-hybridized carbons (Fsp3) is 0.353. The molecule has 1 N–H and O–H groups in total. The molecule has 1 aliphatic rings. The molecule has 0 spiro atoms. The predicted octanol–water partition coefficient (Wildman–Crippen LogP) is 1.71. The number of nitrogens with zero attached hydrogens (tertiary/aromatic N) is 3. The second-order valence-electron chi connectivity index (χ2n) is 6.05. The van der Waals surface area contributed by atoms with Crippen LogP contribution in [-0.2, 0) is 11.3 Å². The van der Waals surface area contributed by atoms with E-state index in [1.165, 1.54) is 4.57 Å². The van der Waals surface area contributed by atoms with Gasteiger partial charge in [-0.25, -0.2) is 4.98 Å². The van der Waals surface area contributed by atoms with Crippen LogP contribution in [0.1, 0.15) is 25.7 Å². The van der Waals surface area contributed by atoms with E-state index in [2.05, 4.69) is 10.3 Å². The Morgan fingerprint density at radius 2 is 2.00 bits per heavy atom. The normalized spacial score (nSPS) is 15.5. The van der Waals surface area contributed by atoms with Gasteiger partial charge >= 0.3 is 0 Å². The highest BCUT2D eigenvalue weighted by atomic mass is 16.2. The number of hydrogen-bond acceptors (Lipinski definition) is 3. The van der Waals surface area contributed by atoms with Crippen molar-refractivity contribution in [2.24, 2.45) is 0 Å². The van der Waals surface area contributed by atoms with Gasteiger partial charge in [-0.3, -0.25) is 14.2 Å². The first-order chi connectivity index (χ1) is 11.2. The van der Waals surface area contributed by atoms with Crippen molar-refractivity contribution in [3.63, 3.8) is 0 Å². The van der Waals surface area contributed by atoms with Crippen molar-refractivity contribution < 1.29 is 4.79 Å². The molecule has 1 amide bonds. The van der Waals surface area contributed by atoms with E-state index >= 15 is 0 Å². The predicted molar refractivity (Wildman–Crippen MR) is 87.4 cm³/mol. The molecule has 3 aromatic heterocycles. The summed E-state index contributed by atoms with van der Waals surface area (Å²) < 4.78 is 3.28. The summed E-state index contributed by atoms with van der Waals surface area (Å²) in [4.78, 5) is 29.4. The third kappa shape index (κ3) is 2.40. The van der Waals surface area contributed by atoms with Crippen molar-refractivity contribution >= 4 is 22.6 Å². The van der Waals surface area contributed by atoms with Gasteiger partial charge in [0, 0.05) is 18.4 Å². The monoisotopic (exact) mass is 310 g/mol. The lowest BCUT2D eigenvalue weighted by Crippen LogP contribution is -2.38. The maximum absolute atomic E-state index is 12.7. The number of pyridine rings is 1. The molecule has 3 heterocycles. The van der Waals surface area contributed by atoms with E-state index in [0.717, 1.165) is 31.2 Å². The zero-order valence-corrected chi connectivity index (χ0v) is 12.7. The molecular formula is C17H18N4O2. The average molecular weight is 310 g/mol. The first-order valence-electron chi connectivity index (χ1n) is 7.98. The van der Waals surface area contributed by atoms with Gasteiger partial charge in [-0.05, 0) is 37.1 Å². The van der Waals surface area contributed by atoms with Crippen molar-refractivity contribution in [3.05, 3.63) is 47.0 Å². The van der Waals surface area contributed by atoms with Crippen molar-refractivity contribution in [3.8, 4) is 0 Å². The Kier molecular flexibility index (Phi) is 3.37. The lowest BCUT2D eigenvalue weighted by Gasteiger charge is -2.14. The van der Waals surface area contributed by atoms with Crippen LogP contribution in [0.4, 0.5) is 0 Å². The zero-order chi connectivity index (χ0) is 15.8. The highest BCUT2D eigenvalue weighted by molar-refractivity contribution is 5.80. The number of aromatic nitrogens is 3. The van der Waals surface area contributed by atoms with Crippen LogP contribution < -0.4 is 10.9 Å². The maximum Gasteiger partial charge on any atom is 0.276 e. The van der Waals surface area contributed by atoms with E-state index in [4.69, 9.17) is 0 Å². The van der Waals surface area contributed by atoms with Crippen molar-refractivity contribution in [1.29, 1.82) is 0 Å². The molecular weight excluding hydrogens is 292 g/mol. The summed E-state index contributed by atoms with van der Waals surface area (Å²) in [6, 6.07) is 7.57. The number of carbonyl (C=O) groups excluding carboxylic acids is 1. The number of hydrogen-bond donors (Lipinski definition) is 1. The molecule has 0 aliphatic heterocycles. The summed E-state index contributed by atoms with van der Waals surface area (Å²) in [7, 11) is 0. The zero-order valence-electron chi connectivity index (χ0n) is 12.7. The van der Waals surface area contributed by atoms with Gasteiger partial charge in [-0.15, -0.1) is 0 Å². The van der Waals surface area contributed by atoms with Crippen molar-refractivity contribution in [1.82, 2.24) is 19.3 Å². The molecule has 0 aromatic carbocycles. The molecule has 1 fully saturated rings. The summed E-state index contributed by atoms with van der Waals surface area (Å²) in [5.74, 6) is -0.123. The van der Waals surface area contributed by atoms with Gasteiger partial charge in [0.05, 0.1) is 5.52 Å². The van der Waals surface area contributed by atoms with Crippen molar-refractivity contribution in [2.75, 3.05) is 0 Å². The lowest BCUT2D eigenvalue weighted by atomic mass is 10.2. The molecule has 6 heteroatoms. The molecule has 0 unspecified atom stereocenters. The first-order valence-corrected chi connectivity index (χ1v) is 7.98. The second kappa shape index (κ2) is 5.53. The minimum atomic E-state index is -0.192. The molecule has 6 nitrogen and oxygen atoms in total. The first kappa shape index (κ1) is 14.0. The molecule has 4 rings (SSSR count). The van der Waals surface area contributed by atoms with Gasteiger partial charge in [0.15, 0.2) is 5.65 Å². The van der Waals surface area contributed by atoms with E-state index in [1.807, 2.05) is 28.8 Å². The fourth-order valence-electron chi connectivity index (χ4n) is 3.42. The molecule has 3 aromatic rings. The number of nitrogens with one attached hydrogen (secondary N) is 1. The Morgan fingerprint density at radius 1 is 1.22 bits per heavy atom. The molecule has 0 saturated heterocycles. The number of rotatable bonds is 3. The van der Waals surface area contributed by atoms with Crippen LogP contribution in [0.25, 0.3) is 16.7 Å². The minimum Gasteiger partial charge on any atom is -0.352 e. The number of fused-ring (bicyclic) bond motifs is 3. The Hall–Kier alpha value is -2.63. The van der Waals surface area contributed by atoms with Crippen LogP contribution >= 0.6 is 0 Å². The summed E-state index contributed by atoms with van der Waals surface area (Å²) >= 11 is 0. The van der Waals surface area contributed by atoms with Gasteiger partial charge in [0.2, 0.25) is 5.91 Å². The Bertz CT molecular complexity index is 935. The quantitative estimate of drug-likeness (QED) is 0.800. The van der Waals surface area contributed by atoms with Crippen LogP contribution in [0.2, 0.25) is 0 Å². The maximum atomic E-state index is 12.7. The third-order valence-corrected chi connectivity index (χ3v) is 4.52. The fourth-order valence-corrected chi connectivity index (χ4v) is 3.42. The topological polar surface area (TPSA) is 68.4 Å². The Balaban J connectivity index is 1.76. The minimum absolute atomic E-state index is 0.00449. The lowest BCUT2D eigenvalue weighted by molar-refractivity contribution is -0.122. The van der Waals surface area contributed by atoms with Crippen LogP contribution in [0.15, 0.2) is 41.5 Å². The van der Waals surface area contributed by atoms with E-state index in [0.29, 0.717) is 11.2 Å². The smallest absolute Gasteiger partial charge is 0.276 e. The van der Waals surface area contributed by atoms with Crippen LogP contribution in [0, 0.1) is 0 Å². The summed E-state index contributed by atoms with van der Waals surface area (Å²) in [6.07, 6.45) is 7.85. The van der Waals surface area contributed by atoms with E-state index in [-0.39, 0.29) is 24.1 Å². The van der Waals surface area contributed by atoms with Gasteiger partial charge in [0.25, 0.3) is 5.56 Å².